The molecule has 0 radical (unpaired) electrons. The van der Waals surface area contributed by atoms with Gasteiger partial charge in [-0.2, -0.15) is 0 Å². The summed E-state index contributed by atoms with van der Waals surface area (Å²) >= 11 is 0. The quantitative estimate of drug-likeness (QED) is 0.898. The molecule has 19 heavy (non-hydrogen) atoms. The van der Waals surface area contributed by atoms with Crippen LogP contribution in [0.3, 0.4) is 0 Å². The van der Waals surface area contributed by atoms with Crippen LogP contribution >= 0.6 is 0 Å². The minimum absolute atomic E-state index is 0.313. The maximum absolute atomic E-state index is 11.4. The number of nitrogen functional groups attached to an aromatic ring is 1. The highest BCUT2D eigenvalue weighted by atomic mass is 32.2. The van der Waals surface area contributed by atoms with Crippen LogP contribution in [0.5, 0.6) is 0 Å². The van der Waals surface area contributed by atoms with E-state index in [-0.39, 0.29) is 0 Å². The van der Waals surface area contributed by atoms with E-state index in [0.717, 1.165) is 30.6 Å². The molecule has 0 saturated carbocycles. The maximum atomic E-state index is 11.4. The molecular formula is C13H17N3O2S. The molecule has 0 aromatic carbocycles. The first-order valence-electron chi connectivity index (χ1n) is 6.46. The molecule has 1 saturated heterocycles. The number of fused-ring (bicyclic) bond motifs is 1. The molecule has 1 aliphatic rings. The molecule has 0 amide bonds. The molecule has 6 heteroatoms. The molecule has 0 aliphatic carbocycles. The summed E-state index contributed by atoms with van der Waals surface area (Å²) in [6, 6.07) is 5.64. The standard InChI is InChI=1S/C13H17N3O2S/c14-12-2-1-3-13-15-11(9-16(12)13)8-10-4-6-19(17,18)7-5-10/h1-3,9-10H,4-8,14H2. The smallest absolute Gasteiger partial charge is 0.150 e. The zero-order valence-electron chi connectivity index (χ0n) is 10.6. The molecule has 2 aromatic rings. The summed E-state index contributed by atoms with van der Waals surface area (Å²) in [6.45, 7) is 0. The number of nitrogens with zero attached hydrogens (tertiary/aromatic N) is 2. The highest BCUT2D eigenvalue weighted by Gasteiger charge is 2.24. The van der Waals surface area contributed by atoms with E-state index >= 15 is 0 Å². The molecule has 1 fully saturated rings. The molecule has 0 bridgehead atoms. The van der Waals surface area contributed by atoms with Crippen LogP contribution in [0.25, 0.3) is 5.65 Å². The first-order valence-corrected chi connectivity index (χ1v) is 8.28. The van der Waals surface area contributed by atoms with Crippen molar-refractivity contribution in [3.05, 3.63) is 30.1 Å². The van der Waals surface area contributed by atoms with Crippen molar-refractivity contribution >= 4 is 21.3 Å². The van der Waals surface area contributed by atoms with E-state index in [1.807, 2.05) is 28.8 Å². The third kappa shape index (κ3) is 2.58. The van der Waals surface area contributed by atoms with E-state index in [4.69, 9.17) is 5.73 Å². The van der Waals surface area contributed by atoms with E-state index in [9.17, 15) is 8.42 Å². The van der Waals surface area contributed by atoms with Crippen molar-refractivity contribution in [1.29, 1.82) is 0 Å². The fraction of sp³-hybridized carbons (Fsp3) is 0.462. The lowest BCUT2D eigenvalue weighted by molar-refractivity contribution is 0.459. The van der Waals surface area contributed by atoms with Gasteiger partial charge in [-0.05, 0) is 37.3 Å². The average molecular weight is 279 g/mol. The van der Waals surface area contributed by atoms with Crippen LogP contribution in [0.1, 0.15) is 18.5 Å². The number of hydrogen-bond acceptors (Lipinski definition) is 4. The summed E-state index contributed by atoms with van der Waals surface area (Å²) in [5.74, 6) is 1.71. The monoisotopic (exact) mass is 279 g/mol. The zero-order chi connectivity index (χ0) is 13.5. The van der Waals surface area contributed by atoms with Crippen molar-refractivity contribution in [3.8, 4) is 0 Å². The van der Waals surface area contributed by atoms with Crippen LogP contribution < -0.4 is 5.73 Å². The number of anilines is 1. The Morgan fingerprint density at radius 1 is 1.32 bits per heavy atom. The van der Waals surface area contributed by atoms with Gasteiger partial charge in [-0.1, -0.05) is 6.07 Å². The second-order valence-electron chi connectivity index (χ2n) is 5.21. The van der Waals surface area contributed by atoms with Crippen LogP contribution in [0.4, 0.5) is 5.82 Å². The molecule has 102 valence electrons. The lowest BCUT2D eigenvalue weighted by atomic mass is 9.97. The number of pyridine rings is 1. The summed E-state index contributed by atoms with van der Waals surface area (Å²) in [7, 11) is -2.78. The van der Waals surface area contributed by atoms with Gasteiger partial charge in [0.15, 0.2) is 0 Å². The highest BCUT2D eigenvalue weighted by molar-refractivity contribution is 7.91. The molecule has 3 rings (SSSR count). The van der Waals surface area contributed by atoms with Gasteiger partial charge in [-0.15, -0.1) is 0 Å². The minimum Gasteiger partial charge on any atom is -0.385 e. The second kappa shape index (κ2) is 4.52. The Kier molecular flexibility index (Phi) is 2.97. The van der Waals surface area contributed by atoms with Crippen molar-refractivity contribution in [2.45, 2.75) is 19.3 Å². The van der Waals surface area contributed by atoms with E-state index < -0.39 is 9.84 Å². The molecule has 3 heterocycles. The van der Waals surface area contributed by atoms with Gasteiger partial charge in [0.05, 0.1) is 17.2 Å². The van der Waals surface area contributed by atoms with Crippen molar-refractivity contribution in [2.75, 3.05) is 17.2 Å². The topological polar surface area (TPSA) is 77.5 Å². The maximum Gasteiger partial charge on any atom is 0.150 e. The van der Waals surface area contributed by atoms with Gasteiger partial charge in [0.2, 0.25) is 0 Å². The lowest BCUT2D eigenvalue weighted by Gasteiger charge is -2.20. The molecule has 2 aromatic heterocycles. The van der Waals surface area contributed by atoms with Crippen molar-refractivity contribution in [3.63, 3.8) is 0 Å². The number of sulfone groups is 1. The second-order valence-corrected chi connectivity index (χ2v) is 7.51. The van der Waals surface area contributed by atoms with Gasteiger partial charge >= 0.3 is 0 Å². The van der Waals surface area contributed by atoms with Gasteiger partial charge in [0, 0.05) is 6.20 Å². The molecule has 1 aliphatic heterocycles. The molecular weight excluding hydrogens is 262 g/mol. The van der Waals surface area contributed by atoms with Gasteiger partial charge < -0.3 is 5.73 Å². The molecule has 0 atom stereocenters. The predicted molar refractivity (Wildman–Crippen MR) is 74.7 cm³/mol. The van der Waals surface area contributed by atoms with E-state index in [1.54, 1.807) is 0 Å². The number of rotatable bonds is 2. The molecule has 5 nitrogen and oxygen atoms in total. The van der Waals surface area contributed by atoms with Gasteiger partial charge in [-0.3, -0.25) is 4.40 Å². The van der Waals surface area contributed by atoms with Crippen LogP contribution in [0.2, 0.25) is 0 Å². The van der Waals surface area contributed by atoms with Crippen molar-refractivity contribution in [2.24, 2.45) is 5.92 Å². The van der Waals surface area contributed by atoms with Crippen LogP contribution in [-0.4, -0.2) is 29.3 Å². The van der Waals surface area contributed by atoms with Crippen molar-refractivity contribution in [1.82, 2.24) is 9.38 Å². The Bertz CT molecular complexity index is 692. The Hall–Kier alpha value is -1.56. The molecule has 0 spiro atoms. The fourth-order valence-electron chi connectivity index (χ4n) is 2.62. The number of hydrogen-bond donors (Lipinski definition) is 1. The predicted octanol–water partition coefficient (Wildman–Crippen LogP) is 1.28. The number of imidazole rings is 1. The van der Waals surface area contributed by atoms with Gasteiger partial charge in [0.25, 0.3) is 0 Å². The Morgan fingerprint density at radius 3 is 2.74 bits per heavy atom. The summed E-state index contributed by atoms with van der Waals surface area (Å²) in [5, 5.41) is 0. The normalized spacial score (nSPS) is 19.8. The Labute approximate surface area is 112 Å². The first-order chi connectivity index (χ1) is 9.03. The molecule has 0 unspecified atom stereocenters. The van der Waals surface area contributed by atoms with E-state index in [2.05, 4.69) is 4.98 Å². The van der Waals surface area contributed by atoms with Crippen LogP contribution in [0, 0.1) is 5.92 Å². The molecule has 2 N–H and O–H groups in total. The van der Waals surface area contributed by atoms with Gasteiger partial charge in [0.1, 0.15) is 21.3 Å². The number of aromatic nitrogens is 2. The summed E-state index contributed by atoms with van der Waals surface area (Å²) in [6.07, 6.45) is 4.27. The summed E-state index contributed by atoms with van der Waals surface area (Å²) < 4.78 is 24.7. The van der Waals surface area contributed by atoms with Crippen molar-refractivity contribution < 1.29 is 8.42 Å². The fourth-order valence-corrected chi connectivity index (χ4v) is 4.21. The third-order valence-corrected chi connectivity index (χ3v) is 5.46. The minimum atomic E-state index is -2.78. The summed E-state index contributed by atoms with van der Waals surface area (Å²) in [4.78, 5) is 4.54. The third-order valence-electron chi connectivity index (χ3n) is 3.75. The Morgan fingerprint density at radius 2 is 2.05 bits per heavy atom. The largest absolute Gasteiger partial charge is 0.385 e. The Balaban J connectivity index is 1.77. The van der Waals surface area contributed by atoms with Gasteiger partial charge in [-0.25, -0.2) is 13.4 Å². The highest BCUT2D eigenvalue weighted by Crippen LogP contribution is 2.23. The zero-order valence-corrected chi connectivity index (χ0v) is 11.4. The average Bonchev–Trinajstić information content (AvgIpc) is 2.76. The lowest BCUT2D eigenvalue weighted by Crippen LogP contribution is -2.24. The van der Waals surface area contributed by atoms with Crippen LogP contribution in [-0.2, 0) is 16.3 Å². The SMILES string of the molecule is Nc1cccc2nc(CC3CCS(=O)(=O)CC3)cn12. The van der Waals surface area contributed by atoms with E-state index in [0.29, 0.717) is 23.2 Å². The number of nitrogens with two attached hydrogens (primary N) is 1. The van der Waals surface area contributed by atoms with E-state index in [1.165, 1.54) is 0 Å². The van der Waals surface area contributed by atoms with Crippen LogP contribution in [0.15, 0.2) is 24.4 Å². The first kappa shape index (κ1) is 12.5. The summed E-state index contributed by atoms with van der Waals surface area (Å²) in [5.41, 5.74) is 7.72.